The molecule has 0 aliphatic carbocycles. The van der Waals surface area contributed by atoms with E-state index < -0.39 is 5.82 Å². The molecule has 0 aliphatic heterocycles. The highest BCUT2D eigenvalue weighted by molar-refractivity contribution is 9.10. The summed E-state index contributed by atoms with van der Waals surface area (Å²) >= 11 is 14.5. The Kier molecular flexibility index (Phi) is 3.77. The van der Waals surface area contributed by atoms with Crippen LogP contribution in [0.5, 0.6) is 5.75 Å². The first-order valence-electron chi connectivity index (χ1n) is 5.95. The lowest BCUT2D eigenvalue weighted by Crippen LogP contribution is -1.95. The van der Waals surface area contributed by atoms with Crippen LogP contribution in [0.3, 0.4) is 0 Å². The molecule has 1 aromatic heterocycles. The molecule has 0 bridgehead atoms. The first-order chi connectivity index (χ1) is 10.0. The van der Waals surface area contributed by atoms with Gasteiger partial charge in [-0.05, 0) is 52.4 Å². The molecule has 0 spiro atoms. The second kappa shape index (κ2) is 5.44. The van der Waals surface area contributed by atoms with Crippen molar-refractivity contribution >= 4 is 50.8 Å². The zero-order valence-electron chi connectivity index (χ0n) is 10.8. The predicted molar refractivity (Wildman–Crippen MR) is 87.7 cm³/mol. The van der Waals surface area contributed by atoms with Crippen LogP contribution in [0, 0.1) is 10.6 Å². The summed E-state index contributed by atoms with van der Waals surface area (Å²) in [4.78, 5) is 3.02. The van der Waals surface area contributed by atoms with Crippen LogP contribution in [-0.2, 0) is 0 Å². The zero-order valence-corrected chi connectivity index (χ0v) is 13.9. The molecule has 0 unspecified atom stereocenters. The van der Waals surface area contributed by atoms with E-state index in [0.29, 0.717) is 21.6 Å². The number of hydrogen-bond acceptors (Lipinski definition) is 2. The molecule has 3 nitrogen and oxygen atoms in total. The van der Waals surface area contributed by atoms with Crippen LogP contribution in [0.2, 0.25) is 5.02 Å². The smallest absolute Gasteiger partial charge is 0.182 e. The first-order valence-corrected chi connectivity index (χ1v) is 7.53. The predicted octanol–water partition coefficient (Wildman–Crippen LogP) is 5.25. The molecule has 0 aliphatic rings. The average Bonchev–Trinajstić information content (AvgIpc) is 2.74. The Hall–Kier alpha value is -1.37. The molecule has 0 amide bonds. The summed E-state index contributed by atoms with van der Waals surface area (Å²) in [5.74, 6) is 0.221. The number of imidazole rings is 1. The molecule has 0 radical (unpaired) electrons. The number of aromatic amines is 1. The lowest BCUT2D eigenvalue weighted by Gasteiger charge is -2.08. The van der Waals surface area contributed by atoms with E-state index in [1.54, 1.807) is 11.7 Å². The van der Waals surface area contributed by atoms with Crippen LogP contribution < -0.4 is 4.74 Å². The molecule has 3 aromatic rings. The maximum atomic E-state index is 13.7. The van der Waals surface area contributed by atoms with Gasteiger partial charge >= 0.3 is 0 Å². The van der Waals surface area contributed by atoms with Gasteiger partial charge in [-0.25, -0.2) is 4.39 Å². The summed E-state index contributed by atoms with van der Waals surface area (Å²) in [5.41, 5.74) is 2.10. The van der Waals surface area contributed by atoms with Crippen LogP contribution in [0.1, 0.15) is 0 Å². The Morgan fingerprint density at radius 1 is 1.33 bits per heavy atom. The second-order valence-corrected chi connectivity index (χ2v) is 6.02. The summed E-state index contributed by atoms with van der Waals surface area (Å²) in [6.07, 6.45) is 0. The van der Waals surface area contributed by atoms with Crippen molar-refractivity contribution in [2.75, 3.05) is 7.11 Å². The first kappa shape index (κ1) is 14.6. The Morgan fingerprint density at radius 3 is 2.76 bits per heavy atom. The maximum absolute atomic E-state index is 13.7. The van der Waals surface area contributed by atoms with E-state index in [1.165, 1.54) is 12.1 Å². The van der Waals surface area contributed by atoms with E-state index >= 15 is 0 Å². The van der Waals surface area contributed by atoms with Crippen molar-refractivity contribution in [3.63, 3.8) is 0 Å². The number of rotatable bonds is 2. The van der Waals surface area contributed by atoms with Crippen molar-refractivity contribution in [2.45, 2.75) is 0 Å². The lowest BCUT2D eigenvalue weighted by atomic mass is 10.2. The normalized spacial score (nSPS) is 11.0. The van der Waals surface area contributed by atoms with Gasteiger partial charge in [0.1, 0.15) is 11.6 Å². The van der Waals surface area contributed by atoms with E-state index in [9.17, 15) is 4.39 Å². The van der Waals surface area contributed by atoms with Gasteiger partial charge in [0.15, 0.2) is 4.77 Å². The highest BCUT2D eigenvalue weighted by Gasteiger charge is 2.12. The summed E-state index contributed by atoms with van der Waals surface area (Å²) in [5, 5.41) is 0.0572. The quantitative estimate of drug-likeness (QED) is 0.609. The number of aromatic nitrogens is 2. The molecule has 108 valence electrons. The topological polar surface area (TPSA) is 29.9 Å². The minimum absolute atomic E-state index is 0.0572. The van der Waals surface area contributed by atoms with Crippen LogP contribution in [0.4, 0.5) is 4.39 Å². The molecule has 1 N–H and O–H groups in total. The average molecular weight is 388 g/mol. The molecular formula is C14H9BrClFN2OS. The van der Waals surface area contributed by atoms with Gasteiger partial charge in [0.2, 0.25) is 0 Å². The van der Waals surface area contributed by atoms with Crippen molar-refractivity contribution in [1.29, 1.82) is 0 Å². The van der Waals surface area contributed by atoms with Gasteiger partial charge < -0.3 is 9.72 Å². The molecule has 21 heavy (non-hydrogen) atoms. The minimum Gasteiger partial charge on any atom is -0.496 e. The number of methoxy groups -OCH3 is 1. The fourth-order valence-corrected chi connectivity index (χ4v) is 3.16. The highest BCUT2D eigenvalue weighted by atomic mass is 79.9. The third kappa shape index (κ3) is 2.47. The van der Waals surface area contributed by atoms with Crippen molar-refractivity contribution < 1.29 is 9.13 Å². The van der Waals surface area contributed by atoms with Crippen molar-refractivity contribution in [2.24, 2.45) is 0 Å². The molecule has 0 atom stereocenters. The number of benzene rings is 2. The lowest BCUT2D eigenvalue weighted by molar-refractivity contribution is 0.412. The van der Waals surface area contributed by atoms with E-state index in [2.05, 4.69) is 20.9 Å². The van der Waals surface area contributed by atoms with E-state index in [0.717, 1.165) is 10.2 Å². The van der Waals surface area contributed by atoms with Crippen molar-refractivity contribution in [3.8, 4) is 11.4 Å². The summed E-state index contributed by atoms with van der Waals surface area (Å²) in [6, 6.07) is 8.40. The fraction of sp³-hybridized carbons (Fsp3) is 0.0714. The third-order valence-electron chi connectivity index (χ3n) is 3.12. The number of nitrogens with one attached hydrogen (secondary N) is 1. The van der Waals surface area contributed by atoms with Crippen LogP contribution in [0.15, 0.2) is 34.8 Å². The molecule has 1 heterocycles. The second-order valence-electron chi connectivity index (χ2n) is 4.37. The van der Waals surface area contributed by atoms with E-state index in [4.69, 9.17) is 28.6 Å². The fourth-order valence-electron chi connectivity index (χ4n) is 2.15. The Labute approximate surface area is 138 Å². The van der Waals surface area contributed by atoms with Gasteiger partial charge in [0, 0.05) is 11.8 Å². The van der Waals surface area contributed by atoms with Gasteiger partial charge in [-0.15, -0.1) is 0 Å². The number of ether oxygens (including phenoxy) is 1. The molecule has 0 saturated heterocycles. The van der Waals surface area contributed by atoms with Crippen LogP contribution in [-0.4, -0.2) is 16.7 Å². The maximum Gasteiger partial charge on any atom is 0.182 e. The van der Waals surface area contributed by atoms with Crippen molar-refractivity contribution in [1.82, 2.24) is 9.55 Å². The largest absolute Gasteiger partial charge is 0.496 e. The molecule has 7 heteroatoms. The SMILES string of the molecule is COc1ccc(-n2c(=S)[nH]c3cc(Cl)c(F)cc32)cc1Br. The number of nitrogens with zero attached hydrogens (tertiary/aromatic N) is 1. The number of fused-ring (bicyclic) bond motifs is 1. The van der Waals surface area contributed by atoms with E-state index in [-0.39, 0.29) is 5.02 Å². The van der Waals surface area contributed by atoms with Gasteiger partial charge in [0.05, 0.1) is 27.6 Å². The summed E-state index contributed by atoms with van der Waals surface area (Å²) in [7, 11) is 1.59. The van der Waals surface area contributed by atoms with Gasteiger partial charge in [0.25, 0.3) is 0 Å². The molecule has 3 rings (SSSR count). The molecule has 0 fully saturated rings. The third-order valence-corrected chi connectivity index (χ3v) is 4.31. The monoisotopic (exact) mass is 386 g/mol. The summed E-state index contributed by atoms with van der Waals surface area (Å²) < 4.78 is 21.9. The number of H-pyrrole nitrogens is 1. The van der Waals surface area contributed by atoms with Crippen molar-refractivity contribution in [3.05, 3.63) is 50.4 Å². The molecule has 2 aromatic carbocycles. The van der Waals surface area contributed by atoms with E-state index in [1.807, 2.05) is 18.2 Å². The molecular weight excluding hydrogens is 379 g/mol. The van der Waals surface area contributed by atoms with Crippen LogP contribution in [0.25, 0.3) is 16.7 Å². The Balaban J connectivity index is 2.29. The van der Waals surface area contributed by atoms with Gasteiger partial charge in [-0.1, -0.05) is 11.6 Å². The van der Waals surface area contributed by atoms with Gasteiger partial charge in [-0.3, -0.25) is 4.57 Å². The zero-order chi connectivity index (χ0) is 15.1. The molecule has 0 saturated carbocycles. The highest BCUT2D eigenvalue weighted by Crippen LogP contribution is 2.30. The van der Waals surface area contributed by atoms with Crippen LogP contribution >= 0.6 is 39.7 Å². The standard InChI is InChI=1S/C14H9BrClFN2OS/c1-20-13-3-2-7(4-8(13)15)19-12-6-10(17)9(16)5-11(12)18-14(19)21/h2-6H,1H3,(H,18,21). The Bertz CT molecular complexity index is 906. The number of halogens is 3. The minimum atomic E-state index is -0.487. The van der Waals surface area contributed by atoms with Gasteiger partial charge in [-0.2, -0.15) is 0 Å². The number of hydrogen-bond donors (Lipinski definition) is 1. The summed E-state index contributed by atoms with van der Waals surface area (Å²) in [6.45, 7) is 0. The Morgan fingerprint density at radius 2 is 2.10 bits per heavy atom.